The van der Waals surface area contributed by atoms with Gasteiger partial charge < -0.3 is 19.6 Å². The van der Waals surface area contributed by atoms with Crippen molar-refractivity contribution in [3.05, 3.63) is 0 Å². The zero-order chi connectivity index (χ0) is 82.3. The van der Waals surface area contributed by atoms with Gasteiger partial charge in [0.05, 0.1) is 24.7 Å². The van der Waals surface area contributed by atoms with E-state index in [1.165, 1.54) is 167 Å². The first kappa shape index (κ1) is 133. The summed E-state index contributed by atoms with van der Waals surface area (Å²) in [5.41, 5.74) is 0. The van der Waals surface area contributed by atoms with Crippen LogP contribution in [0, 0.1) is 0 Å². The molecule has 108 heavy (non-hydrogen) atoms. The first-order chi connectivity index (χ1) is 49.9. The number of hydroxylamine groups is 2. The Bertz CT molecular complexity index is 1620. The van der Waals surface area contributed by atoms with E-state index in [9.17, 15) is 14.4 Å². The number of carbonyl (C=O) groups excluding carboxylic acids is 3. The molecule has 10 rings (SSSR count). The predicted octanol–water partition coefficient (Wildman–Crippen LogP) is 24.9. The first-order valence-corrected chi connectivity index (χ1v) is 46.3. The molecule has 0 aromatic rings. The van der Waals surface area contributed by atoms with Crippen LogP contribution < -0.4 is 0 Å². The molecule has 666 valence electrons. The highest BCUT2D eigenvalue weighted by Crippen LogP contribution is 2.26. The van der Waals surface area contributed by atoms with Crippen LogP contribution in [0.5, 0.6) is 0 Å². The Morgan fingerprint density at radius 1 is 0.315 bits per heavy atom. The van der Waals surface area contributed by atoms with Gasteiger partial charge in [0.1, 0.15) is 11.6 Å². The van der Waals surface area contributed by atoms with Gasteiger partial charge >= 0.3 is 0 Å². The molecule has 0 bridgehead atoms. The van der Waals surface area contributed by atoms with Crippen LogP contribution in [0.4, 0.5) is 0 Å². The van der Waals surface area contributed by atoms with E-state index in [0.29, 0.717) is 41.6 Å². The molecular formula is C93H214N10O4S. The number of piperidine rings is 1. The van der Waals surface area contributed by atoms with Gasteiger partial charge in [-0.15, -0.1) is 11.8 Å². The summed E-state index contributed by atoms with van der Waals surface area (Å²) >= 11 is 2.04. The van der Waals surface area contributed by atoms with Crippen LogP contribution in [-0.2, 0) is 19.2 Å². The monoisotopic (exact) mass is 1570 g/mol. The topological polar surface area (TPSA) is 92.8 Å². The summed E-state index contributed by atoms with van der Waals surface area (Å²) in [6.45, 7) is 98.2. The number of hydrogen-bond donors (Lipinski definition) is 0. The van der Waals surface area contributed by atoms with E-state index in [1.807, 2.05) is 155 Å². The Balaban J connectivity index is -0.0000000944. The molecule has 0 N–H and O–H groups in total. The van der Waals surface area contributed by atoms with E-state index < -0.39 is 0 Å². The summed E-state index contributed by atoms with van der Waals surface area (Å²) < 4.78 is 0. The van der Waals surface area contributed by atoms with E-state index in [2.05, 4.69) is 155 Å². The summed E-state index contributed by atoms with van der Waals surface area (Å²) in [6.07, 6.45) is 23.1. The van der Waals surface area contributed by atoms with Gasteiger partial charge in [0.2, 0.25) is 5.91 Å². The third-order valence-electron chi connectivity index (χ3n) is 19.1. The summed E-state index contributed by atoms with van der Waals surface area (Å²) in [6, 6.07) is 6.61. The van der Waals surface area contributed by atoms with Gasteiger partial charge in [-0.3, -0.25) is 43.7 Å². The molecule has 10 saturated heterocycles. The molecule has 0 spiro atoms. The largest absolute Gasteiger partial charge is 0.341 e. The zero-order valence-electron chi connectivity index (χ0n) is 78.4. The smallest absolute Gasteiger partial charge is 0.239 e. The van der Waals surface area contributed by atoms with Crippen molar-refractivity contribution < 1.29 is 19.2 Å². The third-order valence-corrected chi connectivity index (χ3v) is 20.1. The van der Waals surface area contributed by atoms with Crippen molar-refractivity contribution in [2.24, 2.45) is 0 Å². The fourth-order valence-corrected chi connectivity index (χ4v) is 15.1. The second-order valence-electron chi connectivity index (χ2n) is 28.2. The lowest BCUT2D eigenvalue weighted by molar-refractivity contribution is -0.135. The summed E-state index contributed by atoms with van der Waals surface area (Å²) in [5.74, 6) is 3.63. The van der Waals surface area contributed by atoms with Gasteiger partial charge in [-0.05, 0) is 299 Å². The van der Waals surface area contributed by atoms with Crippen LogP contribution in [0.1, 0.15) is 408 Å². The number of likely N-dealkylation sites (tertiary alicyclic amines) is 8. The van der Waals surface area contributed by atoms with Gasteiger partial charge in [-0.1, -0.05) is 175 Å². The van der Waals surface area contributed by atoms with Crippen molar-refractivity contribution in [2.45, 2.75) is 481 Å². The van der Waals surface area contributed by atoms with E-state index in [0.717, 1.165) is 95.3 Å². The molecule has 10 aliphatic rings. The standard InChI is InChI=1S/C12H22N2O.C12H24N2.2C9H17NO.C8H17N.C7H15N.C6H13NO.C6H13NS.10C2H6.4CH4/c1-10(2)14-9-5-6-11(14)12(15)13-7-3-4-8-13;1-11(2)14-9-5-6-12(14)10-13-7-3-4-8-13;2*1-7(2)10-6-4-5-9(10)8(3)11;1-8(2)9-6-4-3-5-7-9;1-7(2)8-5-3-4-6-8;1-6(2)7-4-3-5-8-7;1-6(2)7-3-4-8-5-7;10*1-2;;;;/h10-11H,3-9H2,1-2H3;11-12H,3-10H2,1-2H3;2*7,9H,4-6H2,1-3H3;8H,3-7H2,1-2H3;7H,3-6H2,1-2H3;2*6H,3-5H2,1-2H3;10*1-2H3;4*1H4/t11-;12-;2*9-;;;;;;;;;;;;;;;;;;/m0000................../s1. The molecular weight excluding hydrogens is 1350 g/mol. The molecule has 0 aliphatic carbocycles. The van der Waals surface area contributed by atoms with E-state index in [-0.39, 0.29) is 47.8 Å². The van der Waals surface area contributed by atoms with Gasteiger partial charge in [0.15, 0.2) is 0 Å². The fraction of sp³-hybridized carbons (Fsp3) is 0.968. The molecule has 10 aliphatic heterocycles. The van der Waals surface area contributed by atoms with Gasteiger partial charge in [0.25, 0.3) is 0 Å². The van der Waals surface area contributed by atoms with E-state index in [1.54, 1.807) is 13.8 Å². The molecule has 10 fully saturated rings. The quantitative estimate of drug-likeness (QED) is 0.175. The zero-order valence-corrected chi connectivity index (χ0v) is 79.2. The minimum atomic E-state index is 0. The molecule has 14 nitrogen and oxygen atoms in total. The molecule has 0 aromatic carbocycles. The van der Waals surface area contributed by atoms with Crippen molar-refractivity contribution in [3.63, 3.8) is 0 Å². The van der Waals surface area contributed by atoms with Crippen LogP contribution in [-0.4, -0.2) is 256 Å². The van der Waals surface area contributed by atoms with Crippen molar-refractivity contribution in [1.29, 1.82) is 0 Å². The number of amides is 1. The Kier molecular flexibility index (Phi) is 114. The minimum absolute atomic E-state index is 0. The number of thioether (sulfide) groups is 1. The molecule has 1 amide bonds. The summed E-state index contributed by atoms with van der Waals surface area (Å²) in [4.78, 5) is 61.7. The molecule has 0 saturated carbocycles. The Morgan fingerprint density at radius 2 is 0.620 bits per heavy atom. The highest BCUT2D eigenvalue weighted by molar-refractivity contribution is 7.99. The Hall–Kier alpha value is -1.24. The number of carbonyl (C=O) groups is 3. The predicted molar refractivity (Wildman–Crippen MR) is 501 cm³/mol. The lowest BCUT2D eigenvalue weighted by Crippen LogP contribution is -2.47. The minimum Gasteiger partial charge on any atom is -0.341 e. The summed E-state index contributed by atoms with van der Waals surface area (Å²) in [7, 11) is 0. The average Bonchev–Trinajstić information content (AvgIpc) is 1.31. The number of Topliss-reactive ketones (excluding diaryl/α,β-unsaturated/α-hetero) is 2. The highest BCUT2D eigenvalue weighted by Gasteiger charge is 2.36. The SMILES string of the molecule is C.C.C.C.CC.CC.CC.CC.CC.CC.CC.CC.CC.CC.CC(=O)[C@@H]1CCCN1C(C)C.CC(=O)[C@@H]1CCCN1C(C)C.CC(C)N1CCCC1.CC(C)N1CCCCC1.CC(C)N1CCCO1.CC(C)N1CCC[C@H]1C(=O)N1CCCC1.CC(C)N1CCC[C@H]1CN1CCCC1.CC(C)N1CCSC1. The second kappa shape index (κ2) is 92.9. The van der Waals surface area contributed by atoms with Crippen LogP contribution in [0.25, 0.3) is 0 Å². The maximum Gasteiger partial charge on any atom is 0.239 e. The van der Waals surface area contributed by atoms with E-state index >= 15 is 0 Å². The fourth-order valence-electron chi connectivity index (χ4n) is 13.9. The second-order valence-corrected chi connectivity index (χ2v) is 29.3. The van der Waals surface area contributed by atoms with Crippen molar-refractivity contribution in [3.8, 4) is 0 Å². The van der Waals surface area contributed by atoms with Crippen molar-refractivity contribution >= 4 is 29.2 Å². The average molecular weight is 1570 g/mol. The molecule has 15 heteroatoms. The van der Waals surface area contributed by atoms with Gasteiger partial charge in [0, 0.05) is 98.7 Å². The van der Waals surface area contributed by atoms with E-state index in [4.69, 9.17) is 4.84 Å². The van der Waals surface area contributed by atoms with Crippen LogP contribution in [0.2, 0.25) is 0 Å². The first-order valence-electron chi connectivity index (χ1n) is 45.2. The molecule has 0 radical (unpaired) electrons. The van der Waals surface area contributed by atoms with Gasteiger partial charge in [-0.2, -0.15) is 5.06 Å². The van der Waals surface area contributed by atoms with Crippen LogP contribution in [0.3, 0.4) is 0 Å². The maximum atomic E-state index is 12.2. The third kappa shape index (κ3) is 63.0. The molecule has 0 unspecified atom stereocenters. The lowest BCUT2D eigenvalue weighted by Gasteiger charge is -2.31. The normalized spacial score (nSPS) is 20.8. The number of hydrogen-bond acceptors (Lipinski definition) is 14. The molecule has 10 heterocycles. The van der Waals surface area contributed by atoms with Crippen LogP contribution >= 0.6 is 11.8 Å². The van der Waals surface area contributed by atoms with Crippen LogP contribution in [0.15, 0.2) is 0 Å². The lowest BCUT2D eigenvalue weighted by atomic mass is 10.1. The molecule has 4 atom stereocenters. The van der Waals surface area contributed by atoms with Crippen molar-refractivity contribution in [1.82, 2.24) is 49.2 Å². The number of nitrogens with zero attached hydrogens (tertiary/aromatic N) is 10. The maximum absolute atomic E-state index is 12.2. The molecule has 0 aromatic heterocycles. The number of rotatable bonds is 13. The summed E-state index contributed by atoms with van der Waals surface area (Å²) in [5, 5.41) is 2.03. The Labute approximate surface area is 691 Å². The number of ketones is 2. The van der Waals surface area contributed by atoms with Gasteiger partial charge in [-0.25, -0.2) is 0 Å². The Morgan fingerprint density at radius 3 is 0.880 bits per heavy atom. The highest BCUT2D eigenvalue weighted by atomic mass is 32.2. The van der Waals surface area contributed by atoms with Crippen molar-refractivity contribution in [2.75, 3.05) is 116 Å².